The number of hydrogen-bond donors (Lipinski definition) is 1. The second-order valence-electron chi connectivity index (χ2n) is 5.34. The molecule has 0 bridgehead atoms. The lowest BCUT2D eigenvalue weighted by Gasteiger charge is -2.19. The Labute approximate surface area is 121 Å². The van der Waals surface area contributed by atoms with Crippen molar-refractivity contribution in [2.24, 2.45) is 0 Å². The molecule has 0 spiro atoms. The maximum absolute atomic E-state index is 5.73. The van der Waals surface area contributed by atoms with Crippen LogP contribution in [0, 0.1) is 0 Å². The SMILES string of the molecule is CCNC(COC(C)C)Cc1ccc2ccccc2n1. The number of nitrogens with zero attached hydrogens (tertiary/aromatic N) is 1. The van der Waals surface area contributed by atoms with Crippen LogP contribution in [-0.4, -0.2) is 30.3 Å². The highest BCUT2D eigenvalue weighted by Gasteiger charge is 2.11. The summed E-state index contributed by atoms with van der Waals surface area (Å²) in [7, 11) is 0. The van der Waals surface area contributed by atoms with Gasteiger partial charge in [-0.3, -0.25) is 4.98 Å². The molecule has 0 aliphatic carbocycles. The third-order valence-corrected chi connectivity index (χ3v) is 3.24. The molecule has 108 valence electrons. The van der Waals surface area contributed by atoms with Gasteiger partial charge in [0, 0.05) is 23.5 Å². The fourth-order valence-corrected chi connectivity index (χ4v) is 2.26. The highest BCUT2D eigenvalue weighted by Crippen LogP contribution is 2.13. The molecule has 0 saturated carbocycles. The average molecular weight is 272 g/mol. The second kappa shape index (κ2) is 7.36. The van der Waals surface area contributed by atoms with Crippen molar-refractivity contribution < 1.29 is 4.74 Å². The van der Waals surface area contributed by atoms with E-state index in [4.69, 9.17) is 9.72 Å². The normalized spacial score (nSPS) is 13.0. The number of ether oxygens (including phenoxy) is 1. The summed E-state index contributed by atoms with van der Waals surface area (Å²) in [6, 6.07) is 12.8. The molecule has 0 amide bonds. The Balaban J connectivity index is 2.07. The zero-order chi connectivity index (χ0) is 14.4. The monoisotopic (exact) mass is 272 g/mol. The van der Waals surface area contributed by atoms with Crippen molar-refractivity contribution in [2.45, 2.75) is 39.3 Å². The van der Waals surface area contributed by atoms with E-state index in [1.165, 1.54) is 5.39 Å². The summed E-state index contributed by atoms with van der Waals surface area (Å²) in [6.07, 6.45) is 1.16. The van der Waals surface area contributed by atoms with E-state index in [2.05, 4.69) is 50.4 Å². The molecule has 1 atom stereocenters. The van der Waals surface area contributed by atoms with Gasteiger partial charge in [0.15, 0.2) is 0 Å². The van der Waals surface area contributed by atoms with Crippen LogP contribution in [0.25, 0.3) is 10.9 Å². The van der Waals surface area contributed by atoms with Gasteiger partial charge in [0.05, 0.1) is 18.2 Å². The summed E-state index contributed by atoms with van der Waals surface area (Å²) in [5.41, 5.74) is 2.17. The van der Waals surface area contributed by atoms with Crippen LogP contribution >= 0.6 is 0 Å². The van der Waals surface area contributed by atoms with Gasteiger partial charge in [-0.05, 0) is 32.5 Å². The van der Waals surface area contributed by atoms with Gasteiger partial charge >= 0.3 is 0 Å². The summed E-state index contributed by atoms with van der Waals surface area (Å²) >= 11 is 0. The number of likely N-dealkylation sites (N-methyl/N-ethyl adjacent to an activating group) is 1. The molecule has 0 saturated heterocycles. The lowest BCUT2D eigenvalue weighted by atomic mass is 10.1. The molecule has 3 nitrogen and oxygen atoms in total. The van der Waals surface area contributed by atoms with Crippen molar-refractivity contribution in [1.82, 2.24) is 10.3 Å². The minimum atomic E-state index is 0.265. The quantitative estimate of drug-likeness (QED) is 0.840. The lowest BCUT2D eigenvalue weighted by Crippen LogP contribution is -2.36. The number of hydrogen-bond acceptors (Lipinski definition) is 3. The maximum atomic E-state index is 5.73. The average Bonchev–Trinajstić information content (AvgIpc) is 2.45. The van der Waals surface area contributed by atoms with E-state index >= 15 is 0 Å². The van der Waals surface area contributed by atoms with Crippen molar-refractivity contribution in [1.29, 1.82) is 0 Å². The van der Waals surface area contributed by atoms with Crippen LogP contribution in [0.1, 0.15) is 26.5 Å². The summed E-state index contributed by atoms with van der Waals surface area (Å²) in [6.45, 7) is 7.92. The number of fused-ring (bicyclic) bond motifs is 1. The predicted octanol–water partition coefficient (Wildman–Crippen LogP) is 3.18. The number of rotatable bonds is 7. The molecule has 2 aromatic rings. The molecule has 1 aromatic carbocycles. The van der Waals surface area contributed by atoms with Crippen LogP contribution in [0.4, 0.5) is 0 Å². The molecule has 1 heterocycles. The Kier molecular flexibility index (Phi) is 5.50. The highest BCUT2D eigenvalue weighted by atomic mass is 16.5. The molecule has 1 aromatic heterocycles. The van der Waals surface area contributed by atoms with Gasteiger partial charge in [-0.15, -0.1) is 0 Å². The third kappa shape index (κ3) is 4.29. The summed E-state index contributed by atoms with van der Waals surface area (Å²) < 4.78 is 5.73. The molecule has 3 heteroatoms. The van der Waals surface area contributed by atoms with E-state index in [1.807, 2.05) is 12.1 Å². The van der Waals surface area contributed by atoms with Gasteiger partial charge in [-0.25, -0.2) is 0 Å². The van der Waals surface area contributed by atoms with Crippen LogP contribution in [0.3, 0.4) is 0 Å². The molecular formula is C17H24N2O. The first-order valence-corrected chi connectivity index (χ1v) is 7.38. The van der Waals surface area contributed by atoms with Gasteiger partial charge in [-0.1, -0.05) is 31.2 Å². The molecule has 20 heavy (non-hydrogen) atoms. The van der Waals surface area contributed by atoms with Crippen LogP contribution < -0.4 is 5.32 Å². The molecule has 0 radical (unpaired) electrons. The minimum absolute atomic E-state index is 0.265. The number of aromatic nitrogens is 1. The molecule has 0 fully saturated rings. The Bertz CT molecular complexity index is 539. The highest BCUT2D eigenvalue weighted by molar-refractivity contribution is 5.78. The zero-order valence-corrected chi connectivity index (χ0v) is 12.6. The summed E-state index contributed by atoms with van der Waals surface area (Å²) in [5.74, 6) is 0. The van der Waals surface area contributed by atoms with Crippen molar-refractivity contribution in [3.63, 3.8) is 0 Å². The van der Waals surface area contributed by atoms with Crippen molar-refractivity contribution in [3.8, 4) is 0 Å². The van der Waals surface area contributed by atoms with E-state index in [9.17, 15) is 0 Å². The van der Waals surface area contributed by atoms with E-state index < -0.39 is 0 Å². The van der Waals surface area contributed by atoms with E-state index in [0.29, 0.717) is 6.04 Å². The van der Waals surface area contributed by atoms with Gasteiger partial charge in [0.1, 0.15) is 0 Å². The topological polar surface area (TPSA) is 34.1 Å². The number of nitrogens with one attached hydrogen (secondary N) is 1. The molecule has 2 rings (SSSR count). The summed E-state index contributed by atoms with van der Waals surface area (Å²) in [5, 5.41) is 4.66. The molecule has 1 unspecified atom stereocenters. The fourth-order valence-electron chi connectivity index (χ4n) is 2.26. The third-order valence-electron chi connectivity index (χ3n) is 3.24. The van der Waals surface area contributed by atoms with Crippen LogP contribution in [0.2, 0.25) is 0 Å². The van der Waals surface area contributed by atoms with E-state index in [-0.39, 0.29) is 6.10 Å². The van der Waals surface area contributed by atoms with Gasteiger partial charge in [-0.2, -0.15) is 0 Å². The predicted molar refractivity (Wildman–Crippen MR) is 84.0 cm³/mol. The van der Waals surface area contributed by atoms with Gasteiger partial charge < -0.3 is 10.1 Å². The Morgan fingerprint density at radius 2 is 1.95 bits per heavy atom. The van der Waals surface area contributed by atoms with Crippen molar-refractivity contribution >= 4 is 10.9 Å². The largest absolute Gasteiger partial charge is 0.377 e. The smallest absolute Gasteiger partial charge is 0.0705 e. The van der Waals surface area contributed by atoms with Crippen molar-refractivity contribution in [2.75, 3.05) is 13.2 Å². The number of pyridine rings is 1. The van der Waals surface area contributed by atoms with Crippen molar-refractivity contribution in [3.05, 3.63) is 42.1 Å². The fraction of sp³-hybridized carbons (Fsp3) is 0.471. The van der Waals surface area contributed by atoms with Crippen LogP contribution in [0.5, 0.6) is 0 Å². The Morgan fingerprint density at radius 3 is 2.70 bits per heavy atom. The number of para-hydroxylation sites is 1. The number of benzene rings is 1. The van der Waals surface area contributed by atoms with Crippen LogP contribution in [0.15, 0.2) is 36.4 Å². The zero-order valence-electron chi connectivity index (χ0n) is 12.6. The van der Waals surface area contributed by atoms with E-state index in [0.717, 1.165) is 30.8 Å². The summed E-state index contributed by atoms with van der Waals surface area (Å²) in [4.78, 5) is 4.73. The first-order valence-electron chi connectivity index (χ1n) is 7.38. The first-order chi connectivity index (χ1) is 9.69. The Morgan fingerprint density at radius 1 is 1.15 bits per heavy atom. The second-order valence-corrected chi connectivity index (χ2v) is 5.34. The molecular weight excluding hydrogens is 248 g/mol. The van der Waals surface area contributed by atoms with E-state index in [1.54, 1.807) is 0 Å². The van der Waals surface area contributed by atoms with Gasteiger partial charge in [0.25, 0.3) is 0 Å². The maximum Gasteiger partial charge on any atom is 0.0705 e. The first kappa shape index (κ1) is 14.9. The molecule has 1 N–H and O–H groups in total. The molecule has 0 aliphatic rings. The standard InChI is InChI=1S/C17H24N2O/c1-4-18-16(12-20-13(2)3)11-15-10-9-14-7-5-6-8-17(14)19-15/h5-10,13,16,18H,4,11-12H2,1-3H3. The van der Waals surface area contributed by atoms with Gasteiger partial charge in [0.2, 0.25) is 0 Å². The Hall–Kier alpha value is -1.45. The van der Waals surface area contributed by atoms with Crippen LogP contribution in [-0.2, 0) is 11.2 Å². The molecule has 0 aliphatic heterocycles. The minimum Gasteiger partial charge on any atom is -0.377 e. The lowest BCUT2D eigenvalue weighted by molar-refractivity contribution is 0.0614.